The lowest BCUT2D eigenvalue weighted by atomic mass is 9.97. The first-order valence-corrected chi connectivity index (χ1v) is 7.08. The molecule has 1 saturated heterocycles. The van der Waals surface area contributed by atoms with Crippen LogP contribution < -0.4 is 5.32 Å². The van der Waals surface area contributed by atoms with Gasteiger partial charge in [-0.3, -0.25) is 19.7 Å². The van der Waals surface area contributed by atoms with Crippen molar-refractivity contribution in [1.82, 2.24) is 10.2 Å². The van der Waals surface area contributed by atoms with Crippen LogP contribution in [0.2, 0.25) is 0 Å². The smallest absolute Gasteiger partial charge is 0.284 e. The van der Waals surface area contributed by atoms with Gasteiger partial charge < -0.3 is 10.2 Å². The molecule has 1 aliphatic rings. The zero-order valence-electron chi connectivity index (χ0n) is 11.6. The monoisotopic (exact) mass is 355 g/mol. The highest BCUT2D eigenvalue weighted by Crippen LogP contribution is 2.28. The second-order valence-corrected chi connectivity index (χ2v) is 6.05. The highest BCUT2D eigenvalue weighted by atomic mass is 79.9. The van der Waals surface area contributed by atoms with E-state index >= 15 is 0 Å². The Morgan fingerprint density at radius 1 is 1.48 bits per heavy atom. The van der Waals surface area contributed by atoms with E-state index in [1.54, 1.807) is 13.8 Å². The number of nitrogens with one attached hydrogen (secondary N) is 1. The van der Waals surface area contributed by atoms with E-state index in [4.69, 9.17) is 0 Å². The molecule has 1 heterocycles. The third-order valence-corrected chi connectivity index (χ3v) is 4.16. The normalized spacial score (nSPS) is 17.3. The maximum atomic E-state index is 12.6. The maximum absolute atomic E-state index is 12.6. The summed E-state index contributed by atoms with van der Waals surface area (Å²) in [7, 11) is 0. The van der Waals surface area contributed by atoms with E-state index in [9.17, 15) is 19.7 Å². The molecule has 0 spiro atoms. The number of amides is 2. The summed E-state index contributed by atoms with van der Waals surface area (Å²) in [5, 5.41) is 13.6. The van der Waals surface area contributed by atoms with Gasteiger partial charge >= 0.3 is 0 Å². The second kappa shape index (κ2) is 5.44. The van der Waals surface area contributed by atoms with Gasteiger partial charge in [0.1, 0.15) is 5.54 Å². The van der Waals surface area contributed by atoms with Gasteiger partial charge in [0.2, 0.25) is 5.91 Å². The topological polar surface area (TPSA) is 92.6 Å². The van der Waals surface area contributed by atoms with Gasteiger partial charge in [0.15, 0.2) is 0 Å². The number of benzene rings is 1. The highest BCUT2D eigenvalue weighted by Gasteiger charge is 2.40. The third kappa shape index (κ3) is 2.76. The molecule has 1 N–H and O–H groups in total. The van der Waals surface area contributed by atoms with Crippen LogP contribution in [0, 0.1) is 10.1 Å². The van der Waals surface area contributed by atoms with Gasteiger partial charge in [-0.25, -0.2) is 0 Å². The van der Waals surface area contributed by atoms with Gasteiger partial charge in [0, 0.05) is 24.7 Å². The van der Waals surface area contributed by atoms with E-state index in [1.807, 2.05) is 0 Å². The standard InChI is InChI=1S/C13H14BrN3O4/c1-13(2)12(19)15-5-6-16(13)11(18)8-3-4-9(14)10(7-8)17(20)21/h3-4,7H,5-6H2,1-2H3,(H,15,19). The van der Waals surface area contributed by atoms with E-state index in [1.165, 1.54) is 23.1 Å². The summed E-state index contributed by atoms with van der Waals surface area (Å²) >= 11 is 3.08. The Balaban J connectivity index is 2.38. The first-order chi connectivity index (χ1) is 9.75. The molecule has 1 aromatic carbocycles. The van der Waals surface area contributed by atoms with Crippen LogP contribution in [0.4, 0.5) is 5.69 Å². The number of halogens is 1. The summed E-state index contributed by atoms with van der Waals surface area (Å²) in [6.45, 7) is 4.02. The van der Waals surface area contributed by atoms with Crippen LogP contribution in [0.15, 0.2) is 22.7 Å². The van der Waals surface area contributed by atoms with Gasteiger partial charge in [-0.1, -0.05) is 0 Å². The quantitative estimate of drug-likeness (QED) is 0.645. The Kier molecular flexibility index (Phi) is 3.99. The van der Waals surface area contributed by atoms with Crippen LogP contribution in [-0.4, -0.2) is 40.3 Å². The predicted molar refractivity (Wildman–Crippen MR) is 78.9 cm³/mol. The van der Waals surface area contributed by atoms with E-state index in [0.717, 1.165) is 0 Å². The van der Waals surface area contributed by atoms with Crippen LogP contribution in [0.25, 0.3) is 0 Å². The molecule has 0 aliphatic carbocycles. The SMILES string of the molecule is CC1(C)C(=O)NCCN1C(=O)c1ccc(Br)c([N+](=O)[O-])c1. The molecule has 7 nitrogen and oxygen atoms in total. The Labute approximate surface area is 129 Å². The summed E-state index contributed by atoms with van der Waals surface area (Å²) in [5.41, 5.74) is -0.982. The molecule has 0 unspecified atom stereocenters. The average molecular weight is 356 g/mol. The van der Waals surface area contributed by atoms with Crippen molar-refractivity contribution in [3.63, 3.8) is 0 Å². The maximum Gasteiger partial charge on any atom is 0.284 e. The highest BCUT2D eigenvalue weighted by molar-refractivity contribution is 9.10. The Bertz CT molecular complexity index is 630. The second-order valence-electron chi connectivity index (χ2n) is 5.20. The van der Waals surface area contributed by atoms with E-state index in [-0.39, 0.29) is 17.2 Å². The summed E-state index contributed by atoms with van der Waals surface area (Å²) < 4.78 is 0.305. The van der Waals surface area contributed by atoms with Crippen molar-refractivity contribution in [3.8, 4) is 0 Å². The fourth-order valence-electron chi connectivity index (χ4n) is 2.20. The molecule has 2 rings (SSSR count). The van der Waals surface area contributed by atoms with Crippen molar-refractivity contribution in [1.29, 1.82) is 0 Å². The number of piperazine rings is 1. The molecule has 21 heavy (non-hydrogen) atoms. The van der Waals surface area contributed by atoms with Crippen molar-refractivity contribution >= 4 is 33.4 Å². The van der Waals surface area contributed by atoms with Gasteiger partial charge in [-0.05, 0) is 41.9 Å². The van der Waals surface area contributed by atoms with E-state index in [0.29, 0.717) is 17.6 Å². The molecule has 0 atom stereocenters. The largest absolute Gasteiger partial charge is 0.352 e. The fourth-order valence-corrected chi connectivity index (χ4v) is 2.59. The van der Waals surface area contributed by atoms with E-state index < -0.39 is 16.4 Å². The van der Waals surface area contributed by atoms with Crippen LogP contribution in [0.1, 0.15) is 24.2 Å². The number of rotatable bonds is 2. The molecule has 0 bridgehead atoms. The zero-order chi connectivity index (χ0) is 15.8. The molecular weight excluding hydrogens is 342 g/mol. The molecule has 0 saturated carbocycles. The molecule has 0 aromatic heterocycles. The van der Waals surface area contributed by atoms with Crippen molar-refractivity contribution in [2.75, 3.05) is 13.1 Å². The van der Waals surface area contributed by atoms with Crippen molar-refractivity contribution in [2.24, 2.45) is 0 Å². The van der Waals surface area contributed by atoms with E-state index in [2.05, 4.69) is 21.2 Å². The minimum Gasteiger partial charge on any atom is -0.352 e. The molecule has 0 radical (unpaired) electrons. The number of nitro groups is 1. The first kappa shape index (κ1) is 15.4. The summed E-state index contributed by atoms with van der Waals surface area (Å²) in [6.07, 6.45) is 0. The summed E-state index contributed by atoms with van der Waals surface area (Å²) in [5.74, 6) is -0.640. The van der Waals surface area contributed by atoms with Gasteiger partial charge in [-0.15, -0.1) is 0 Å². The number of hydrogen-bond acceptors (Lipinski definition) is 4. The Morgan fingerprint density at radius 3 is 2.76 bits per heavy atom. The molecule has 1 aliphatic heterocycles. The lowest BCUT2D eigenvalue weighted by Crippen LogP contribution is -2.63. The summed E-state index contributed by atoms with van der Waals surface area (Å²) in [4.78, 5) is 36.2. The minimum absolute atomic E-state index is 0.180. The van der Waals surface area contributed by atoms with Crippen molar-refractivity contribution in [3.05, 3.63) is 38.3 Å². The molecule has 1 aromatic rings. The zero-order valence-corrected chi connectivity index (χ0v) is 13.1. The van der Waals surface area contributed by atoms with Crippen molar-refractivity contribution < 1.29 is 14.5 Å². The predicted octanol–water partition coefficient (Wildman–Crippen LogP) is 1.71. The average Bonchev–Trinajstić information content (AvgIpc) is 2.41. The first-order valence-electron chi connectivity index (χ1n) is 6.29. The van der Waals surface area contributed by atoms with Crippen LogP contribution >= 0.6 is 15.9 Å². The van der Waals surface area contributed by atoms with Crippen LogP contribution in [-0.2, 0) is 4.79 Å². The van der Waals surface area contributed by atoms with Crippen LogP contribution in [0.5, 0.6) is 0 Å². The van der Waals surface area contributed by atoms with Crippen LogP contribution in [0.3, 0.4) is 0 Å². The molecule has 2 amide bonds. The minimum atomic E-state index is -0.989. The number of carbonyl (C=O) groups excluding carboxylic acids is 2. The molecular formula is C13H14BrN3O4. The Morgan fingerprint density at radius 2 is 2.14 bits per heavy atom. The summed E-state index contributed by atoms with van der Waals surface area (Å²) in [6, 6.07) is 4.18. The lowest BCUT2D eigenvalue weighted by Gasteiger charge is -2.41. The van der Waals surface area contributed by atoms with Gasteiger partial charge in [0.25, 0.3) is 11.6 Å². The molecule has 8 heteroatoms. The Hall–Kier alpha value is -1.96. The fraction of sp³-hybridized carbons (Fsp3) is 0.385. The number of nitro benzene ring substituents is 1. The lowest BCUT2D eigenvalue weighted by molar-refractivity contribution is -0.385. The van der Waals surface area contributed by atoms with Gasteiger partial charge in [0.05, 0.1) is 9.40 Å². The third-order valence-electron chi connectivity index (χ3n) is 3.49. The number of hydrogen-bond donors (Lipinski definition) is 1. The number of carbonyl (C=O) groups is 2. The van der Waals surface area contributed by atoms with Gasteiger partial charge in [-0.2, -0.15) is 0 Å². The number of nitrogens with zero attached hydrogens (tertiary/aromatic N) is 2. The molecule has 112 valence electrons. The molecule has 1 fully saturated rings. The van der Waals surface area contributed by atoms with Crippen molar-refractivity contribution in [2.45, 2.75) is 19.4 Å².